The van der Waals surface area contributed by atoms with Gasteiger partial charge in [0.15, 0.2) is 0 Å². The molecule has 0 saturated carbocycles. The number of tetrazole rings is 1. The van der Waals surface area contributed by atoms with Crippen molar-refractivity contribution in [2.24, 2.45) is 0 Å². The van der Waals surface area contributed by atoms with Gasteiger partial charge in [0.2, 0.25) is 11.7 Å². The minimum Gasteiger partial charge on any atom is -0.326 e. The zero-order valence-corrected chi connectivity index (χ0v) is 11.5. The first kappa shape index (κ1) is 13.9. The van der Waals surface area contributed by atoms with Gasteiger partial charge in [0.05, 0.1) is 6.42 Å². The van der Waals surface area contributed by atoms with Crippen molar-refractivity contribution in [1.82, 2.24) is 20.6 Å². The number of carbonyl (C=O) groups is 1. The van der Waals surface area contributed by atoms with Crippen molar-refractivity contribution in [3.8, 4) is 11.4 Å². The zero-order chi connectivity index (χ0) is 15.4. The van der Waals surface area contributed by atoms with Gasteiger partial charge in [-0.25, -0.2) is 4.39 Å². The van der Waals surface area contributed by atoms with Crippen molar-refractivity contribution in [3.63, 3.8) is 0 Å². The predicted octanol–water partition coefficient (Wildman–Crippen LogP) is 2.19. The Kier molecular flexibility index (Phi) is 3.86. The van der Waals surface area contributed by atoms with E-state index < -0.39 is 5.82 Å². The van der Waals surface area contributed by atoms with Crippen LogP contribution < -0.4 is 5.32 Å². The second kappa shape index (κ2) is 6.13. The molecule has 0 atom stereocenters. The van der Waals surface area contributed by atoms with E-state index in [1.54, 1.807) is 42.5 Å². The van der Waals surface area contributed by atoms with E-state index in [1.165, 1.54) is 6.07 Å². The molecule has 0 aliphatic rings. The van der Waals surface area contributed by atoms with Crippen LogP contribution in [-0.4, -0.2) is 26.5 Å². The Hall–Kier alpha value is -3.09. The first-order valence-corrected chi connectivity index (χ1v) is 6.59. The van der Waals surface area contributed by atoms with E-state index in [9.17, 15) is 9.18 Å². The number of aromatic amines is 1. The second-order valence-electron chi connectivity index (χ2n) is 4.63. The third kappa shape index (κ3) is 3.14. The molecule has 3 rings (SSSR count). The summed E-state index contributed by atoms with van der Waals surface area (Å²) < 4.78 is 13.5. The monoisotopic (exact) mass is 297 g/mol. The number of rotatable bonds is 4. The van der Waals surface area contributed by atoms with Gasteiger partial charge in [-0.05, 0) is 29.0 Å². The van der Waals surface area contributed by atoms with Gasteiger partial charge in [0, 0.05) is 11.3 Å². The molecular formula is C15H12FN5O. The minimum atomic E-state index is -0.391. The molecule has 1 aromatic heterocycles. The predicted molar refractivity (Wildman–Crippen MR) is 78.3 cm³/mol. The Morgan fingerprint density at radius 2 is 2.05 bits per heavy atom. The summed E-state index contributed by atoms with van der Waals surface area (Å²) in [5.74, 6) is -0.251. The summed E-state index contributed by atoms with van der Waals surface area (Å²) in [6, 6.07) is 13.2. The summed E-state index contributed by atoms with van der Waals surface area (Å²) in [7, 11) is 0. The van der Waals surface area contributed by atoms with Crippen LogP contribution in [0, 0.1) is 5.82 Å². The highest BCUT2D eigenvalue weighted by atomic mass is 19.1. The van der Waals surface area contributed by atoms with E-state index in [1.807, 2.05) is 0 Å². The molecule has 2 N–H and O–H groups in total. The maximum atomic E-state index is 13.5. The lowest BCUT2D eigenvalue weighted by atomic mass is 10.1. The van der Waals surface area contributed by atoms with Gasteiger partial charge < -0.3 is 5.32 Å². The molecule has 6 nitrogen and oxygen atoms in total. The van der Waals surface area contributed by atoms with Crippen LogP contribution in [0.25, 0.3) is 11.4 Å². The molecule has 0 saturated heterocycles. The van der Waals surface area contributed by atoms with Crippen molar-refractivity contribution >= 4 is 11.6 Å². The Balaban J connectivity index is 1.72. The van der Waals surface area contributed by atoms with E-state index >= 15 is 0 Å². The van der Waals surface area contributed by atoms with Crippen LogP contribution in [0.15, 0.2) is 48.5 Å². The molecule has 1 heterocycles. The standard InChI is InChI=1S/C15H12FN5O/c16-13-7-2-1-4-10(13)9-14(22)17-12-6-3-5-11(8-12)15-18-20-21-19-15/h1-8H,9H2,(H,17,22)(H,18,19,20,21). The number of carbonyl (C=O) groups excluding carboxylic acids is 1. The summed E-state index contributed by atoms with van der Waals surface area (Å²) in [5.41, 5.74) is 1.66. The number of nitrogens with one attached hydrogen (secondary N) is 2. The molecule has 0 spiro atoms. The van der Waals surface area contributed by atoms with Gasteiger partial charge in [0.25, 0.3) is 0 Å². The number of nitrogens with zero attached hydrogens (tertiary/aromatic N) is 3. The molecule has 0 aliphatic heterocycles. The smallest absolute Gasteiger partial charge is 0.228 e. The van der Waals surface area contributed by atoms with Gasteiger partial charge in [0.1, 0.15) is 5.82 Å². The molecule has 0 fully saturated rings. The fourth-order valence-electron chi connectivity index (χ4n) is 2.04. The number of aromatic nitrogens is 4. The molecule has 2 aromatic carbocycles. The summed E-state index contributed by atoms with van der Waals surface area (Å²) >= 11 is 0. The Morgan fingerprint density at radius 3 is 2.82 bits per heavy atom. The Bertz CT molecular complexity index is 788. The third-order valence-corrected chi connectivity index (χ3v) is 3.06. The molecule has 0 aliphatic carbocycles. The maximum absolute atomic E-state index is 13.5. The van der Waals surface area contributed by atoms with Crippen molar-refractivity contribution in [2.45, 2.75) is 6.42 Å². The Labute approximate surface area is 125 Å². The number of hydrogen-bond acceptors (Lipinski definition) is 4. The van der Waals surface area contributed by atoms with E-state index in [2.05, 4.69) is 25.9 Å². The van der Waals surface area contributed by atoms with E-state index in [4.69, 9.17) is 0 Å². The molecule has 22 heavy (non-hydrogen) atoms. The lowest BCUT2D eigenvalue weighted by Crippen LogP contribution is -2.15. The lowest BCUT2D eigenvalue weighted by molar-refractivity contribution is -0.115. The van der Waals surface area contributed by atoms with Gasteiger partial charge in [-0.2, -0.15) is 5.21 Å². The van der Waals surface area contributed by atoms with Crippen LogP contribution in [0.1, 0.15) is 5.56 Å². The summed E-state index contributed by atoms with van der Waals surface area (Å²) in [5, 5.41) is 16.3. The largest absolute Gasteiger partial charge is 0.326 e. The van der Waals surface area contributed by atoms with Crippen LogP contribution in [0.5, 0.6) is 0 Å². The molecule has 0 bridgehead atoms. The van der Waals surface area contributed by atoms with Crippen molar-refractivity contribution in [3.05, 3.63) is 59.9 Å². The average molecular weight is 297 g/mol. The lowest BCUT2D eigenvalue weighted by Gasteiger charge is -2.07. The van der Waals surface area contributed by atoms with E-state index in [0.29, 0.717) is 17.1 Å². The number of hydrogen-bond donors (Lipinski definition) is 2. The summed E-state index contributed by atoms with van der Waals surface area (Å²) in [4.78, 5) is 12.0. The highest BCUT2D eigenvalue weighted by Crippen LogP contribution is 2.18. The van der Waals surface area contributed by atoms with Crippen molar-refractivity contribution in [1.29, 1.82) is 0 Å². The first-order chi connectivity index (χ1) is 10.7. The summed E-state index contributed by atoms with van der Waals surface area (Å²) in [6.07, 6.45) is -0.0287. The molecule has 3 aromatic rings. The fraction of sp³-hybridized carbons (Fsp3) is 0.0667. The van der Waals surface area contributed by atoms with Gasteiger partial charge in [-0.1, -0.05) is 30.3 Å². The quantitative estimate of drug-likeness (QED) is 0.773. The van der Waals surface area contributed by atoms with E-state index in [0.717, 1.165) is 5.56 Å². The molecular weight excluding hydrogens is 285 g/mol. The molecule has 110 valence electrons. The normalized spacial score (nSPS) is 10.4. The SMILES string of the molecule is O=C(Cc1ccccc1F)Nc1cccc(-c2nn[nH]n2)c1. The first-order valence-electron chi connectivity index (χ1n) is 6.59. The highest BCUT2D eigenvalue weighted by Gasteiger charge is 2.09. The van der Waals surface area contributed by atoms with Gasteiger partial charge in [-0.3, -0.25) is 4.79 Å². The van der Waals surface area contributed by atoms with Gasteiger partial charge in [-0.15, -0.1) is 10.2 Å². The van der Waals surface area contributed by atoms with E-state index in [-0.39, 0.29) is 12.3 Å². The number of amides is 1. The number of benzene rings is 2. The number of anilines is 1. The van der Waals surface area contributed by atoms with Crippen molar-refractivity contribution in [2.75, 3.05) is 5.32 Å². The van der Waals surface area contributed by atoms with Crippen LogP contribution in [0.3, 0.4) is 0 Å². The van der Waals surface area contributed by atoms with Crippen LogP contribution >= 0.6 is 0 Å². The van der Waals surface area contributed by atoms with Crippen LogP contribution in [-0.2, 0) is 11.2 Å². The zero-order valence-electron chi connectivity index (χ0n) is 11.5. The number of halogens is 1. The Morgan fingerprint density at radius 1 is 1.18 bits per heavy atom. The molecule has 1 amide bonds. The fourth-order valence-corrected chi connectivity index (χ4v) is 2.04. The maximum Gasteiger partial charge on any atom is 0.228 e. The average Bonchev–Trinajstić information content (AvgIpc) is 3.04. The van der Waals surface area contributed by atoms with Crippen LogP contribution in [0.2, 0.25) is 0 Å². The minimum absolute atomic E-state index is 0.0287. The molecule has 0 unspecified atom stereocenters. The second-order valence-corrected chi connectivity index (χ2v) is 4.63. The van der Waals surface area contributed by atoms with Crippen molar-refractivity contribution < 1.29 is 9.18 Å². The highest BCUT2D eigenvalue weighted by molar-refractivity contribution is 5.92. The topological polar surface area (TPSA) is 83.6 Å². The molecule has 7 heteroatoms. The van der Waals surface area contributed by atoms with Crippen LogP contribution in [0.4, 0.5) is 10.1 Å². The van der Waals surface area contributed by atoms with Gasteiger partial charge >= 0.3 is 0 Å². The number of H-pyrrole nitrogens is 1. The molecule has 0 radical (unpaired) electrons. The third-order valence-electron chi connectivity index (χ3n) is 3.06. The summed E-state index contributed by atoms with van der Waals surface area (Å²) in [6.45, 7) is 0.